The largest absolute Gasteiger partial charge is 0.338 e. The maximum absolute atomic E-state index is 13.1. The molecule has 7 heteroatoms. The minimum atomic E-state index is -3.72. The summed E-state index contributed by atoms with van der Waals surface area (Å²) < 4.78 is 40.1. The van der Waals surface area contributed by atoms with Crippen molar-refractivity contribution < 1.29 is 17.6 Å². The maximum atomic E-state index is 13.1. The SMILES string of the molecule is C=CCN1CC[C@]2(CCCN(S(=O)(=O)c3ccc(F)cc3)C2)C1=O. The maximum Gasteiger partial charge on any atom is 0.243 e. The van der Waals surface area contributed by atoms with Crippen molar-refractivity contribution in [2.45, 2.75) is 24.2 Å². The van der Waals surface area contributed by atoms with Gasteiger partial charge in [-0.25, -0.2) is 12.8 Å². The predicted molar refractivity (Wildman–Crippen MR) is 88.2 cm³/mol. The van der Waals surface area contributed by atoms with E-state index in [0.717, 1.165) is 12.1 Å². The number of carbonyl (C=O) groups is 1. The lowest BCUT2D eigenvalue weighted by Gasteiger charge is -2.38. The van der Waals surface area contributed by atoms with E-state index < -0.39 is 21.3 Å². The molecule has 1 aromatic rings. The number of hydrogen-bond acceptors (Lipinski definition) is 3. The van der Waals surface area contributed by atoms with Crippen molar-refractivity contribution in [2.75, 3.05) is 26.2 Å². The van der Waals surface area contributed by atoms with Crippen LogP contribution in [0.4, 0.5) is 4.39 Å². The number of piperidine rings is 1. The molecular formula is C17H21FN2O3S. The van der Waals surface area contributed by atoms with E-state index in [9.17, 15) is 17.6 Å². The van der Waals surface area contributed by atoms with E-state index in [1.807, 2.05) is 0 Å². The zero-order chi connectivity index (χ0) is 17.4. The zero-order valence-corrected chi connectivity index (χ0v) is 14.3. The lowest BCUT2D eigenvalue weighted by molar-refractivity contribution is -0.137. The molecule has 2 fully saturated rings. The molecule has 1 aromatic carbocycles. The van der Waals surface area contributed by atoms with Crippen molar-refractivity contribution in [2.24, 2.45) is 5.41 Å². The zero-order valence-electron chi connectivity index (χ0n) is 13.4. The van der Waals surface area contributed by atoms with Crippen LogP contribution in [0.2, 0.25) is 0 Å². The Kier molecular flexibility index (Phi) is 4.48. The van der Waals surface area contributed by atoms with Crippen molar-refractivity contribution in [3.8, 4) is 0 Å². The highest BCUT2D eigenvalue weighted by Crippen LogP contribution is 2.41. The molecule has 0 saturated carbocycles. The van der Waals surface area contributed by atoms with Gasteiger partial charge in [-0.3, -0.25) is 4.79 Å². The highest BCUT2D eigenvalue weighted by Gasteiger charge is 2.50. The first-order valence-corrected chi connectivity index (χ1v) is 9.49. The van der Waals surface area contributed by atoms with Crippen LogP contribution in [0.1, 0.15) is 19.3 Å². The van der Waals surface area contributed by atoms with E-state index in [4.69, 9.17) is 0 Å². The van der Waals surface area contributed by atoms with Crippen LogP contribution in [-0.2, 0) is 14.8 Å². The second-order valence-electron chi connectivity index (χ2n) is 6.47. The minimum Gasteiger partial charge on any atom is -0.338 e. The molecular weight excluding hydrogens is 331 g/mol. The molecule has 0 N–H and O–H groups in total. The van der Waals surface area contributed by atoms with E-state index >= 15 is 0 Å². The first-order chi connectivity index (χ1) is 11.4. The number of amides is 1. The molecule has 2 aliphatic heterocycles. The Bertz CT molecular complexity index is 748. The number of benzene rings is 1. The monoisotopic (exact) mass is 352 g/mol. The topological polar surface area (TPSA) is 57.7 Å². The number of carbonyl (C=O) groups excluding carboxylic acids is 1. The van der Waals surface area contributed by atoms with Crippen LogP contribution in [0.25, 0.3) is 0 Å². The molecule has 0 unspecified atom stereocenters. The molecule has 130 valence electrons. The normalized spacial score (nSPS) is 25.4. The Morgan fingerprint density at radius 1 is 1.21 bits per heavy atom. The van der Waals surface area contributed by atoms with Gasteiger partial charge in [0, 0.05) is 26.2 Å². The summed E-state index contributed by atoms with van der Waals surface area (Å²) in [5.41, 5.74) is -0.631. The highest BCUT2D eigenvalue weighted by atomic mass is 32.2. The lowest BCUT2D eigenvalue weighted by Crippen LogP contribution is -2.49. The van der Waals surface area contributed by atoms with Crippen LogP contribution in [0.5, 0.6) is 0 Å². The molecule has 1 spiro atoms. The van der Waals surface area contributed by atoms with Gasteiger partial charge in [0.25, 0.3) is 0 Å². The third kappa shape index (κ3) is 2.86. The number of halogens is 1. The molecule has 3 rings (SSSR count). The Balaban J connectivity index is 1.84. The number of nitrogens with zero attached hydrogens (tertiary/aromatic N) is 2. The quantitative estimate of drug-likeness (QED) is 0.779. The van der Waals surface area contributed by atoms with Gasteiger partial charge in [-0.15, -0.1) is 6.58 Å². The second-order valence-corrected chi connectivity index (χ2v) is 8.40. The fraction of sp³-hybridized carbons (Fsp3) is 0.471. The van der Waals surface area contributed by atoms with E-state index in [1.165, 1.54) is 16.4 Å². The predicted octanol–water partition coefficient (Wildman–Crippen LogP) is 2.01. The van der Waals surface area contributed by atoms with Gasteiger partial charge in [0.15, 0.2) is 0 Å². The molecule has 1 atom stereocenters. The lowest BCUT2D eigenvalue weighted by atomic mass is 9.79. The summed E-state index contributed by atoms with van der Waals surface area (Å²) in [5, 5.41) is 0. The Morgan fingerprint density at radius 2 is 1.92 bits per heavy atom. The third-order valence-electron chi connectivity index (χ3n) is 4.94. The number of hydrogen-bond donors (Lipinski definition) is 0. The molecule has 1 amide bonds. The number of sulfonamides is 1. The van der Waals surface area contributed by atoms with Crippen LogP contribution in [0, 0.1) is 11.2 Å². The third-order valence-corrected chi connectivity index (χ3v) is 6.80. The number of rotatable bonds is 4. The van der Waals surface area contributed by atoms with Gasteiger partial charge in [0.1, 0.15) is 5.82 Å². The van der Waals surface area contributed by atoms with E-state index in [-0.39, 0.29) is 17.3 Å². The minimum absolute atomic E-state index is 0.0152. The van der Waals surface area contributed by atoms with Gasteiger partial charge in [0.2, 0.25) is 15.9 Å². The van der Waals surface area contributed by atoms with Gasteiger partial charge in [-0.05, 0) is 43.5 Å². The standard InChI is InChI=1S/C17H21FN2O3S/c1-2-10-19-12-9-17(16(19)21)8-3-11-20(13-17)24(22,23)15-6-4-14(18)5-7-15/h2,4-7H,1,3,8-13H2/t17-/m0/s1. The van der Waals surface area contributed by atoms with Crippen LogP contribution in [0.15, 0.2) is 41.8 Å². The van der Waals surface area contributed by atoms with Crippen LogP contribution in [-0.4, -0.2) is 49.7 Å². The molecule has 5 nitrogen and oxygen atoms in total. The summed E-state index contributed by atoms with van der Waals surface area (Å²) in [6.07, 6.45) is 3.70. The van der Waals surface area contributed by atoms with E-state index in [1.54, 1.807) is 11.0 Å². The Morgan fingerprint density at radius 3 is 2.58 bits per heavy atom. The van der Waals surface area contributed by atoms with Gasteiger partial charge in [-0.2, -0.15) is 4.31 Å². The van der Waals surface area contributed by atoms with Gasteiger partial charge >= 0.3 is 0 Å². The highest BCUT2D eigenvalue weighted by molar-refractivity contribution is 7.89. The summed E-state index contributed by atoms with van der Waals surface area (Å²) in [6, 6.07) is 4.82. The molecule has 0 aliphatic carbocycles. The number of likely N-dealkylation sites (tertiary alicyclic amines) is 1. The molecule has 2 aliphatic rings. The van der Waals surface area contributed by atoms with E-state index in [0.29, 0.717) is 38.9 Å². The molecule has 2 heterocycles. The first-order valence-electron chi connectivity index (χ1n) is 8.05. The van der Waals surface area contributed by atoms with Gasteiger partial charge < -0.3 is 4.90 Å². The summed E-state index contributed by atoms with van der Waals surface area (Å²) in [7, 11) is -3.72. The van der Waals surface area contributed by atoms with Crippen molar-refractivity contribution in [1.29, 1.82) is 0 Å². The smallest absolute Gasteiger partial charge is 0.243 e. The summed E-state index contributed by atoms with van der Waals surface area (Å²) >= 11 is 0. The molecule has 0 aromatic heterocycles. The van der Waals surface area contributed by atoms with Gasteiger partial charge in [0.05, 0.1) is 10.3 Å². The first kappa shape index (κ1) is 17.1. The second kappa shape index (κ2) is 6.29. The van der Waals surface area contributed by atoms with Crippen molar-refractivity contribution >= 4 is 15.9 Å². The fourth-order valence-corrected chi connectivity index (χ4v) is 5.22. The van der Waals surface area contributed by atoms with Crippen LogP contribution >= 0.6 is 0 Å². The molecule has 24 heavy (non-hydrogen) atoms. The molecule has 0 radical (unpaired) electrons. The fourth-order valence-electron chi connectivity index (χ4n) is 3.65. The average molecular weight is 352 g/mol. The Hall–Kier alpha value is -1.73. The van der Waals surface area contributed by atoms with Crippen LogP contribution in [0.3, 0.4) is 0 Å². The molecule has 0 bridgehead atoms. The summed E-state index contributed by atoms with van der Waals surface area (Å²) in [4.78, 5) is 14.5. The average Bonchev–Trinajstić information content (AvgIpc) is 2.85. The van der Waals surface area contributed by atoms with Gasteiger partial charge in [-0.1, -0.05) is 6.08 Å². The van der Waals surface area contributed by atoms with E-state index in [2.05, 4.69) is 6.58 Å². The summed E-state index contributed by atoms with van der Waals surface area (Å²) in [6.45, 7) is 5.37. The van der Waals surface area contributed by atoms with Crippen molar-refractivity contribution in [3.63, 3.8) is 0 Å². The van der Waals surface area contributed by atoms with Crippen LogP contribution < -0.4 is 0 Å². The van der Waals surface area contributed by atoms with Crippen molar-refractivity contribution in [3.05, 3.63) is 42.7 Å². The summed E-state index contributed by atoms with van der Waals surface area (Å²) in [5.74, 6) is -0.462. The van der Waals surface area contributed by atoms with Crippen molar-refractivity contribution in [1.82, 2.24) is 9.21 Å². The molecule has 2 saturated heterocycles. The Labute approximate surface area is 141 Å².